The molecule has 3 N–H and O–H groups in total. The van der Waals surface area contributed by atoms with Crippen LogP contribution in [0.25, 0.3) is 0 Å². The van der Waals surface area contributed by atoms with Crippen LogP contribution in [0.1, 0.15) is 36.4 Å². The minimum Gasteiger partial charge on any atom is -0.497 e. The molecule has 1 fully saturated rings. The van der Waals surface area contributed by atoms with Crippen molar-refractivity contribution >= 4 is 5.96 Å². The van der Waals surface area contributed by atoms with E-state index in [4.69, 9.17) is 10.5 Å². The molecule has 0 aliphatic carbocycles. The highest BCUT2D eigenvalue weighted by molar-refractivity contribution is 5.77. The molecule has 0 aromatic heterocycles. The van der Waals surface area contributed by atoms with Gasteiger partial charge in [-0.2, -0.15) is 0 Å². The van der Waals surface area contributed by atoms with E-state index < -0.39 is 0 Å². The maximum atomic E-state index is 6.12. The molecular weight excluding hydrogens is 336 g/mol. The van der Waals surface area contributed by atoms with Crippen LogP contribution in [0, 0.1) is 0 Å². The molecule has 5 nitrogen and oxygen atoms in total. The number of rotatable bonds is 7. The van der Waals surface area contributed by atoms with E-state index in [1.54, 1.807) is 7.11 Å². The van der Waals surface area contributed by atoms with Gasteiger partial charge in [0.1, 0.15) is 5.75 Å². The van der Waals surface area contributed by atoms with Gasteiger partial charge in [0.05, 0.1) is 19.7 Å². The van der Waals surface area contributed by atoms with E-state index in [1.807, 2.05) is 30.3 Å². The number of hydrogen-bond donors (Lipinski definition) is 2. The predicted molar refractivity (Wildman–Crippen MR) is 111 cm³/mol. The summed E-state index contributed by atoms with van der Waals surface area (Å²) in [5.74, 6) is 1.38. The first-order valence-corrected chi connectivity index (χ1v) is 9.72. The van der Waals surface area contributed by atoms with Crippen LogP contribution >= 0.6 is 0 Å². The fraction of sp³-hybridized carbons (Fsp3) is 0.409. The Morgan fingerprint density at radius 1 is 1.07 bits per heavy atom. The van der Waals surface area contributed by atoms with Crippen molar-refractivity contribution in [1.29, 1.82) is 0 Å². The largest absolute Gasteiger partial charge is 0.497 e. The van der Waals surface area contributed by atoms with Crippen LogP contribution in [0.4, 0.5) is 0 Å². The lowest BCUT2D eigenvalue weighted by Gasteiger charge is -2.35. The number of methoxy groups -OCH3 is 1. The Bertz CT molecular complexity index is 709. The molecule has 1 aliphatic heterocycles. The number of nitrogens with one attached hydrogen (secondary N) is 1. The van der Waals surface area contributed by atoms with Gasteiger partial charge in [-0.3, -0.25) is 4.90 Å². The molecule has 0 radical (unpaired) electrons. The van der Waals surface area contributed by atoms with Gasteiger partial charge >= 0.3 is 0 Å². The van der Waals surface area contributed by atoms with Gasteiger partial charge in [-0.05, 0) is 49.2 Å². The molecule has 0 saturated carbocycles. The van der Waals surface area contributed by atoms with E-state index in [-0.39, 0.29) is 6.04 Å². The van der Waals surface area contributed by atoms with Crippen molar-refractivity contribution < 1.29 is 4.74 Å². The maximum absolute atomic E-state index is 6.12. The molecule has 0 spiro atoms. The highest BCUT2D eigenvalue weighted by Gasteiger charge is 2.22. The molecule has 1 atom stereocenters. The number of nitrogens with zero attached hydrogens (tertiary/aromatic N) is 2. The third-order valence-corrected chi connectivity index (χ3v) is 5.08. The van der Waals surface area contributed by atoms with Crippen molar-refractivity contribution in [3.05, 3.63) is 65.7 Å². The lowest BCUT2D eigenvalue weighted by molar-refractivity contribution is 0.164. The Hall–Kier alpha value is -2.53. The number of piperidine rings is 1. The van der Waals surface area contributed by atoms with E-state index in [2.05, 4.69) is 39.5 Å². The Labute approximate surface area is 162 Å². The van der Waals surface area contributed by atoms with E-state index in [0.29, 0.717) is 12.5 Å². The fourth-order valence-electron chi connectivity index (χ4n) is 3.53. The molecule has 27 heavy (non-hydrogen) atoms. The second kappa shape index (κ2) is 9.97. The average Bonchev–Trinajstić information content (AvgIpc) is 2.74. The molecule has 144 valence electrons. The first-order valence-electron chi connectivity index (χ1n) is 9.72. The van der Waals surface area contributed by atoms with Gasteiger partial charge in [-0.25, -0.2) is 4.99 Å². The number of hydrogen-bond acceptors (Lipinski definition) is 3. The van der Waals surface area contributed by atoms with Gasteiger partial charge in [0, 0.05) is 6.54 Å². The minimum atomic E-state index is 0.279. The summed E-state index contributed by atoms with van der Waals surface area (Å²) < 4.78 is 5.30. The van der Waals surface area contributed by atoms with Gasteiger partial charge < -0.3 is 15.8 Å². The van der Waals surface area contributed by atoms with Crippen LogP contribution in [-0.4, -0.2) is 37.6 Å². The van der Waals surface area contributed by atoms with Crippen molar-refractivity contribution in [3.8, 4) is 5.75 Å². The van der Waals surface area contributed by atoms with E-state index in [1.165, 1.54) is 24.8 Å². The normalized spacial score (nSPS) is 16.7. The van der Waals surface area contributed by atoms with Crippen molar-refractivity contribution in [1.82, 2.24) is 10.2 Å². The van der Waals surface area contributed by atoms with Gasteiger partial charge in [0.15, 0.2) is 5.96 Å². The molecule has 0 amide bonds. The Morgan fingerprint density at radius 3 is 2.44 bits per heavy atom. The van der Waals surface area contributed by atoms with Crippen LogP contribution < -0.4 is 15.8 Å². The van der Waals surface area contributed by atoms with Crippen LogP contribution in [-0.2, 0) is 6.54 Å². The smallest absolute Gasteiger partial charge is 0.188 e. The second-order valence-electron chi connectivity index (χ2n) is 6.95. The highest BCUT2D eigenvalue weighted by atomic mass is 16.5. The summed E-state index contributed by atoms with van der Waals surface area (Å²) in [4.78, 5) is 7.02. The summed E-state index contributed by atoms with van der Waals surface area (Å²) in [6, 6.07) is 18.8. The van der Waals surface area contributed by atoms with E-state index >= 15 is 0 Å². The first kappa shape index (κ1) is 19.2. The summed E-state index contributed by atoms with van der Waals surface area (Å²) in [7, 11) is 1.70. The van der Waals surface area contributed by atoms with Crippen molar-refractivity contribution in [3.63, 3.8) is 0 Å². The predicted octanol–water partition coefficient (Wildman–Crippen LogP) is 3.33. The zero-order valence-electron chi connectivity index (χ0n) is 16.1. The Morgan fingerprint density at radius 2 is 1.78 bits per heavy atom. The lowest BCUT2D eigenvalue weighted by Crippen LogP contribution is -2.42. The first-order chi connectivity index (χ1) is 13.3. The van der Waals surface area contributed by atoms with Crippen molar-refractivity contribution in [2.45, 2.75) is 31.8 Å². The Kier molecular flexibility index (Phi) is 7.11. The van der Waals surface area contributed by atoms with E-state index in [0.717, 1.165) is 30.9 Å². The Balaban J connectivity index is 1.65. The van der Waals surface area contributed by atoms with Crippen LogP contribution in [0.5, 0.6) is 5.75 Å². The average molecular weight is 367 g/mol. The SMILES string of the molecule is COc1ccc(C(CNC(N)=NCc2ccccc2)N2CCCCC2)cc1. The van der Waals surface area contributed by atoms with Crippen LogP contribution in [0.2, 0.25) is 0 Å². The molecule has 0 bridgehead atoms. The summed E-state index contributed by atoms with van der Waals surface area (Å²) >= 11 is 0. The number of guanidine groups is 1. The van der Waals surface area contributed by atoms with Gasteiger partial charge in [0.25, 0.3) is 0 Å². The molecule has 1 heterocycles. The zero-order valence-corrected chi connectivity index (χ0v) is 16.1. The fourth-order valence-corrected chi connectivity index (χ4v) is 3.53. The quantitative estimate of drug-likeness (QED) is 0.583. The maximum Gasteiger partial charge on any atom is 0.188 e. The van der Waals surface area contributed by atoms with Gasteiger partial charge in [-0.15, -0.1) is 0 Å². The molecule has 2 aromatic rings. The molecule has 5 heteroatoms. The summed E-state index contributed by atoms with van der Waals surface area (Å²) in [5.41, 5.74) is 8.56. The number of nitrogens with two attached hydrogens (primary N) is 1. The van der Waals surface area contributed by atoms with Crippen molar-refractivity contribution in [2.75, 3.05) is 26.7 Å². The minimum absolute atomic E-state index is 0.279. The molecular formula is C22H30N4O. The van der Waals surface area contributed by atoms with Crippen LogP contribution in [0.15, 0.2) is 59.6 Å². The topological polar surface area (TPSA) is 62.9 Å². The summed E-state index contributed by atoms with van der Waals surface area (Å²) in [6.07, 6.45) is 3.83. The van der Waals surface area contributed by atoms with Crippen LogP contribution in [0.3, 0.4) is 0 Å². The number of benzene rings is 2. The standard InChI is InChI=1S/C22H30N4O/c1-27-20-12-10-19(11-13-20)21(26-14-6-3-7-15-26)17-25-22(23)24-16-18-8-4-2-5-9-18/h2,4-5,8-13,21H,3,6-7,14-17H2,1H3,(H3,23,24,25). The zero-order chi connectivity index (χ0) is 18.9. The molecule has 3 rings (SSSR count). The third-order valence-electron chi connectivity index (χ3n) is 5.08. The number of likely N-dealkylation sites (tertiary alicyclic amines) is 1. The third kappa shape index (κ3) is 5.73. The lowest BCUT2D eigenvalue weighted by atomic mass is 10.0. The summed E-state index contributed by atoms with van der Waals surface area (Å²) in [6.45, 7) is 3.59. The van der Waals surface area contributed by atoms with Gasteiger partial charge in [0.2, 0.25) is 0 Å². The number of aliphatic imine (C=N–C) groups is 1. The second-order valence-corrected chi connectivity index (χ2v) is 6.95. The van der Waals surface area contributed by atoms with Gasteiger partial charge in [-0.1, -0.05) is 48.9 Å². The highest BCUT2D eigenvalue weighted by Crippen LogP contribution is 2.25. The molecule has 1 aliphatic rings. The molecule has 2 aromatic carbocycles. The monoisotopic (exact) mass is 366 g/mol. The molecule has 1 saturated heterocycles. The summed E-state index contributed by atoms with van der Waals surface area (Å²) in [5, 5.41) is 3.33. The van der Waals surface area contributed by atoms with Crippen molar-refractivity contribution in [2.24, 2.45) is 10.7 Å². The number of ether oxygens (including phenoxy) is 1. The van der Waals surface area contributed by atoms with E-state index in [9.17, 15) is 0 Å². The molecule has 1 unspecified atom stereocenters.